The maximum atomic E-state index is 16.2. The highest BCUT2D eigenvalue weighted by molar-refractivity contribution is 7.13. The number of hydrogen-bond donors (Lipinski definition) is 2. The van der Waals surface area contributed by atoms with Gasteiger partial charge in [0.05, 0.1) is 59.1 Å². The number of fused-ring (bicyclic) bond motifs is 1. The van der Waals surface area contributed by atoms with E-state index in [4.69, 9.17) is 18.7 Å². The van der Waals surface area contributed by atoms with E-state index in [1.165, 1.54) is 4.90 Å². The third kappa shape index (κ3) is 10.7. The SMILES string of the molecule is COCOc1ccccc1-c1cc2cc(OC)c(CN3CC[C@@H](N4CCN(c5cc([C@H](C(=O)N6C[C@H](O)C[C@H]6C(=O)N[C@@H](C)c6ccc(-c7scnc7C)cc6)C(C)C)on5)CC4)C(F)(F)C3)cc2nn1. The number of carbonyl (C=O) groups excluding carboxylic acids is 2. The quantitative estimate of drug-likeness (QED) is 0.0925. The van der Waals surface area contributed by atoms with Gasteiger partial charge in [0.15, 0.2) is 18.4 Å². The molecule has 6 aromatic rings. The Morgan fingerprint density at radius 2 is 1.75 bits per heavy atom. The number of halogens is 2. The molecule has 3 fully saturated rings. The number of thiazole rings is 1. The Kier molecular flexibility index (Phi) is 15.0. The van der Waals surface area contributed by atoms with Crippen LogP contribution >= 0.6 is 11.3 Å². The minimum Gasteiger partial charge on any atom is -0.496 e. The van der Waals surface area contributed by atoms with Crippen molar-refractivity contribution in [3.05, 3.63) is 101 Å². The van der Waals surface area contributed by atoms with E-state index in [1.807, 2.05) is 110 Å². The van der Waals surface area contributed by atoms with Gasteiger partial charge in [-0.3, -0.25) is 19.4 Å². The van der Waals surface area contributed by atoms with Crippen molar-refractivity contribution in [1.29, 1.82) is 0 Å². The highest BCUT2D eigenvalue weighted by Gasteiger charge is 2.48. The summed E-state index contributed by atoms with van der Waals surface area (Å²) in [5.41, 5.74) is 7.48. The van der Waals surface area contributed by atoms with Crippen molar-refractivity contribution < 1.29 is 42.2 Å². The van der Waals surface area contributed by atoms with Crippen LogP contribution in [0.5, 0.6) is 11.5 Å². The monoisotopic (exact) mass is 993 g/mol. The van der Waals surface area contributed by atoms with E-state index in [0.29, 0.717) is 67.0 Å². The molecule has 2 amide bonds. The number of benzene rings is 3. The van der Waals surface area contributed by atoms with E-state index in [0.717, 1.165) is 38.2 Å². The number of rotatable bonds is 16. The van der Waals surface area contributed by atoms with Crippen molar-refractivity contribution >= 4 is 39.9 Å². The predicted molar refractivity (Wildman–Crippen MR) is 265 cm³/mol. The molecular weight excluding hydrogens is 933 g/mol. The van der Waals surface area contributed by atoms with Crippen molar-refractivity contribution in [3.63, 3.8) is 0 Å². The van der Waals surface area contributed by atoms with Crippen LogP contribution in [0, 0.1) is 12.8 Å². The Labute approximate surface area is 415 Å². The zero-order valence-electron chi connectivity index (χ0n) is 40.9. The number of nitrogens with one attached hydrogen (secondary N) is 1. The van der Waals surface area contributed by atoms with Gasteiger partial charge in [-0.1, -0.05) is 55.4 Å². The van der Waals surface area contributed by atoms with E-state index in [2.05, 4.69) is 25.7 Å². The van der Waals surface area contributed by atoms with Gasteiger partial charge < -0.3 is 39.0 Å². The fraction of sp³-hybridized carbons (Fsp3) is 0.462. The Hall–Kier alpha value is -6.12. The van der Waals surface area contributed by atoms with Gasteiger partial charge in [-0.25, -0.2) is 13.8 Å². The molecule has 376 valence electrons. The molecule has 2 N–H and O–H groups in total. The Morgan fingerprint density at radius 3 is 2.45 bits per heavy atom. The first-order valence-electron chi connectivity index (χ1n) is 24.1. The highest BCUT2D eigenvalue weighted by atomic mass is 32.1. The first-order chi connectivity index (χ1) is 34.2. The number of anilines is 1. The average molecular weight is 994 g/mol. The van der Waals surface area contributed by atoms with Crippen LogP contribution in [0.15, 0.2) is 82.8 Å². The minimum absolute atomic E-state index is 0.0149. The number of piperidine rings is 1. The van der Waals surface area contributed by atoms with Gasteiger partial charge in [0.1, 0.15) is 23.5 Å². The summed E-state index contributed by atoms with van der Waals surface area (Å²) in [5.74, 6) is -2.59. The van der Waals surface area contributed by atoms with E-state index in [1.54, 1.807) is 36.5 Å². The first-order valence-corrected chi connectivity index (χ1v) is 25.0. The van der Waals surface area contributed by atoms with Crippen LogP contribution in [0.4, 0.5) is 14.6 Å². The lowest BCUT2D eigenvalue weighted by atomic mass is 9.91. The maximum absolute atomic E-state index is 16.2. The number of amides is 2. The number of alkyl halides is 2. The molecule has 71 heavy (non-hydrogen) atoms. The normalized spacial score (nSPS) is 20.6. The number of hydrogen-bond acceptors (Lipinski definition) is 15. The van der Waals surface area contributed by atoms with E-state index in [-0.39, 0.29) is 56.5 Å². The van der Waals surface area contributed by atoms with Gasteiger partial charge in [-0.05, 0) is 67.6 Å². The molecule has 6 heterocycles. The number of methoxy groups -OCH3 is 2. The topological polar surface area (TPSA) is 172 Å². The molecule has 0 radical (unpaired) electrons. The molecule has 3 aromatic heterocycles. The molecule has 16 nitrogen and oxygen atoms in total. The van der Waals surface area contributed by atoms with Gasteiger partial charge in [0.2, 0.25) is 11.8 Å². The number of para-hydroxylation sites is 1. The second-order valence-corrected chi connectivity index (χ2v) is 20.0. The van der Waals surface area contributed by atoms with E-state index < -0.39 is 36.6 Å². The number of β-amino-alcohol motifs (C(OH)–C–C–N with tert-alkyl or cyclic N) is 1. The van der Waals surface area contributed by atoms with Gasteiger partial charge in [-0.15, -0.1) is 21.5 Å². The molecule has 5 atom stereocenters. The fourth-order valence-electron chi connectivity index (χ4n) is 10.3. The molecule has 19 heteroatoms. The van der Waals surface area contributed by atoms with E-state index >= 15 is 8.78 Å². The lowest BCUT2D eigenvalue weighted by Crippen LogP contribution is -2.61. The molecule has 0 aliphatic carbocycles. The van der Waals surface area contributed by atoms with Crippen LogP contribution < -0.4 is 19.7 Å². The third-order valence-electron chi connectivity index (χ3n) is 14.0. The van der Waals surface area contributed by atoms with Crippen molar-refractivity contribution in [2.45, 2.75) is 83.2 Å². The highest BCUT2D eigenvalue weighted by Crippen LogP contribution is 2.38. The summed E-state index contributed by atoms with van der Waals surface area (Å²) in [6, 6.07) is 20.7. The Balaban J connectivity index is 0.796. The fourth-order valence-corrected chi connectivity index (χ4v) is 11.1. The molecule has 0 spiro atoms. The summed E-state index contributed by atoms with van der Waals surface area (Å²) >= 11 is 1.58. The predicted octanol–water partition coefficient (Wildman–Crippen LogP) is 7.32. The number of likely N-dealkylation sites (tertiary alicyclic amines) is 2. The van der Waals surface area contributed by atoms with Crippen LogP contribution in [0.2, 0.25) is 0 Å². The molecule has 9 rings (SSSR count). The summed E-state index contributed by atoms with van der Waals surface area (Å²) in [6.07, 6.45) is -0.466. The molecule has 3 aromatic carbocycles. The average Bonchev–Trinajstić information content (AvgIpc) is 4.13. The van der Waals surface area contributed by atoms with Crippen LogP contribution in [-0.2, 0) is 20.9 Å². The largest absolute Gasteiger partial charge is 0.496 e. The molecule has 3 saturated heterocycles. The molecule has 3 aliphatic heterocycles. The zero-order valence-corrected chi connectivity index (χ0v) is 41.7. The van der Waals surface area contributed by atoms with Crippen molar-refractivity contribution in [1.82, 2.24) is 40.4 Å². The smallest absolute Gasteiger partial charge is 0.275 e. The van der Waals surface area contributed by atoms with Crippen LogP contribution in [0.1, 0.15) is 68.2 Å². The number of aliphatic hydroxyl groups is 1. The first kappa shape index (κ1) is 49.8. The number of aromatic nitrogens is 4. The second kappa shape index (κ2) is 21.3. The van der Waals surface area contributed by atoms with Crippen LogP contribution in [0.3, 0.4) is 0 Å². The van der Waals surface area contributed by atoms with Crippen LogP contribution in [-0.4, -0.2) is 143 Å². The summed E-state index contributed by atoms with van der Waals surface area (Å²) < 4.78 is 54.8. The lowest BCUT2D eigenvalue weighted by Gasteiger charge is -2.46. The summed E-state index contributed by atoms with van der Waals surface area (Å²) in [6.45, 7) is 9.78. The number of aryl methyl sites for hydroxylation is 1. The Bertz CT molecular complexity index is 2820. The summed E-state index contributed by atoms with van der Waals surface area (Å²) in [7, 11) is 3.13. The molecule has 3 aliphatic rings. The van der Waals surface area contributed by atoms with E-state index in [9.17, 15) is 14.7 Å². The molecule has 0 bridgehead atoms. The van der Waals surface area contributed by atoms with Gasteiger partial charge >= 0.3 is 0 Å². The number of aliphatic hydroxyl groups excluding tert-OH is 1. The lowest BCUT2D eigenvalue weighted by molar-refractivity contribution is -0.141. The van der Waals surface area contributed by atoms with Crippen molar-refractivity contribution in [3.8, 4) is 33.2 Å². The van der Waals surface area contributed by atoms with Gasteiger partial charge in [0.25, 0.3) is 5.92 Å². The van der Waals surface area contributed by atoms with Crippen molar-refractivity contribution in [2.24, 2.45) is 5.92 Å². The molecule has 0 unspecified atom stereocenters. The van der Waals surface area contributed by atoms with Gasteiger partial charge in [-0.2, -0.15) is 0 Å². The summed E-state index contributed by atoms with van der Waals surface area (Å²) in [4.78, 5) is 40.7. The zero-order chi connectivity index (χ0) is 50.0. The number of ether oxygens (including phenoxy) is 3. The van der Waals surface area contributed by atoms with Crippen molar-refractivity contribution in [2.75, 3.05) is 71.7 Å². The Morgan fingerprint density at radius 1 is 0.972 bits per heavy atom. The third-order valence-corrected chi connectivity index (χ3v) is 15.0. The maximum Gasteiger partial charge on any atom is 0.275 e. The minimum atomic E-state index is -2.98. The van der Waals surface area contributed by atoms with Gasteiger partial charge in [0, 0.05) is 81.9 Å². The number of carbonyl (C=O) groups is 2. The standard InChI is InChI=1S/C52H61F2N9O7S/c1-31(2)48(51(66)63-27-38(64)24-42(63)50(65)56-32(3)34-11-13-35(14-12-34)49-33(4)55-29-71-49)45-25-47(59-70-45)62-19-17-61(18-20-62)46-15-16-60(28-52(46,53)54)26-37-22-40-36(23-44(37)68-6)21-41(58-57-40)39-9-7-8-10-43(39)69-30-67-5/h7-14,21-23,25,29,31-32,38,42,46,48,64H,15-20,24,26-28,30H2,1-6H3,(H,56,65)/t32-,38+,42-,46+,48+/m0/s1. The molecular formula is C52H61F2N9O7S. The number of piperazine rings is 1. The number of nitrogens with zero attached hydrogens (tertiary/aromatic N) is 8. The second-order valence-electron chi connectivity index (χ2n) is 19.1. The van der Waals surface area contributed by atoms with Crippen LogP contribution in [0.25, 0.3) is 32.6 Å². The summed E-state index contributed by atoms with van der Waals surface area (Å²) in [5, 5.41) is 27.9. The molecule has 0 saturated carbocycles.